The average molecular weight is 468 g/mol. The molecule has 0 aliphatic carbocycles. The third kappa shape index (κ3) is 4.82. The molecule has 0 aliphatic heterocycles. The zero-order valence-electron chi connectivity index (χ0n) is 19.1. The summed E-state index contributed by atoms with van der Waals surface area (Å²) in [6.45, 7) is 2.65. The van der Waals surface area contributed by atoms with Gasteiger partial charge in [-0.05, 0) is 37.3 Å². The Morgan fingerprint density at radius 2 is 2.00 bits per heavy atom. The van der Waals surface area contributed by atoms with Gasteiger partial charge in [-0.3, -0.25) is 4.68 Å². The molecule has 35 heavy (non-hydrogen) atoms. The highest BCUT2D eigenvalue weighted by molar-refractivity contribution is 5.63. The molecule has 0 aliphatic rings. The largest absolute Gasteiger partial charge is 0.489 e. The molecule has 2 aromatic carbocycles. The van der Waals surface area contributed by atoms with Gasteiger partial charge in [-0.2, -0.15) is 5.10 Å². The molecule has 174 valence electrons. The second kappa shape index (κ2) is 9.65. The summed E-state index contributed by atoms with van der Waals surface area (Å²) in [5, 5.41) is 12.0. The fourth-order valence-electron chi connectivity index (χ4n) is 3.53. The number of methoxy groups -OCH3 is 1. The first-order valence-electron chi connectivity index (χ1n) is 10.9. The van der Waals surface area contributed by atoms with E-state index in [4.69, 9.17) is 9.26 Å². The van der Waals surface area contributed by atoms with E-state index in [9.17, 15) is 4.39 Å². The van der Waals surface area contributed by atoms with E-state index in [0.717, 1.165) is 11.1 Å². The Balaban J connectivity index is 1.44. The Morgan fingerprint density at radius 1 is 1.11 bits per heavy atom. The van der Waals surface area contributed by atoms with Crippen LogP contribution in [-0.2, 0) is 13.1 Å². The third-order valence-corrected chi connectivity index (χ3v) is 5.41. The molecule has 0 saturated heterocycles. The van der Waals surface area contributed by atoms with Gasteiger partial charge >= 0.3 is 0 Å². The second-order valence-electron chi connectivity index (χ2n) is 7.80. The van der Waals surface area contributed by atoms with Crippen molar-refractivity contribution >= 4 is 5.82 Å². The Hall–Kier alpha value is -4.71. The molecule has 0 unspecified atom stereocenters. The van der Waals surface area contributed by atoms with Crippen LogP contribution in [0.2, 0.25) is 0 Å². The van der Waals surface area contributed by atoms with E-state index in [-0.39, 0.29) is 12.4 Å². The quantitative estimate of drug-likeness (QED) is 0.353. The van der Waals surface area contributed by atoms with Gasteiger partial charge in [0.1, 0.15) is 29.3 Å². The van der Waals surface area contributed by atoms with Crippen LogP contribution >= 0.6 is 0 Å². The summed E-state index contributed by atoms with van der Waals surface area (Å²) in [4.78, 5) is 9.16. The highest BCUT2D eigenvalue weighted by atomic mass is 19.1. The predicted octanol–water partition coefficient (Wildman–Crippen LogP) is 4.71. The molecule has 0 bridgehead atoms. The summed E-state index contributed by atoms with van der Waals surface area (Å²) in [5.74, 6) is 1.43. The Labute approximate surface area is 201 Å². The normalized spacial score (nSPS) is 10.7. The molecule has 5 rings (SSSR count). The monoisotopic (exact) mass is 468 g/mol. The molecular formula is C26H21FN6O2. The molecule has 0 atom stereocenters. The summed E-state index contributed by atoms with van der Waals surface area (Å²) in [6, 6.07) is 19.9. The molecule has 0 radical (unpaired) electrons. The van der Waals surface area contributed by atoms with Crippen LogP contribution in [0.3, 0.4) is 0 Å². The zero-order chi connectivity index (χ0) is 24.2. The topological polar surface area (TPSA) is 90.9 Å². The van der Waals surface area contributed by atoms with Crippen molar-refractivity contribution in [3.63, 3.8) is 0 Å². The van der Waals surface area contributed by atoms with Gasteiger partial charge in [0.2, 0.25) is 0 Å². The van der Waals surface area contributed by atoms with Crippen LogP contribution in [-0.4, -0.2) is 32.0 Å². The number of hydrogen-bond donors (Lipinski definition) is 1. The fourth-order valence-corrected chi connectivity index (χ4v) is 3.53. The Bertz CT molecular complexity index is 1430. The lowest BCUT2D eigenvalue weighted by molar-refractivity contribution is 0.415. The molecule has 1 N–H and O–H groups in total. The molecule has 3 heterocycles. The van der Waals surface area contributed by atoms with Gasteiger partial charge in [0.25, 0.3) is 0 Å². The first kappa shape index (κ1) is 22.1. The van der Waals surface area contributed by atoms with Crippen molar-refractivity contribution in [3.05, 3.63) is 95.6 Å². The van der Waals surface area contributed by atoms with Crippen molar-refractivity contribution in [1.29, 1.82) is 0 Å². The lowest BCUT2D eigenvalue weighted by Gasteiger charge is -2.09. The number of anilines is 1. The number of hydrogen-bond acceptors (Lipinski definition) is 7. The van der Waals surface area contributed by atoms with Gasteiger partial charge in [-0.25, -0.2) is 14.4 Å². The Kier molecular flexibility index (Phi) is 6.09. The maximum atomic E-state index is 14.3. The summed E-state index contributed by atoms with van der Waals surface area (Å²) in [5.41, 5.74) is 4.08. The SMILES string of the molecule is COc1c#cc(CNc2nc(-c3cc(-c4ccon4)n(Cc4ccccc4F)n3)ncc2C)cc1. The molecule has 5 aromatic rings. The standard InChI is InChI=1S/C26H21FN6O2/c1-17-14-28-26(30-25(17)29-15-18-7-9-20(34-2)10-8-18)23-13-24(22-11-12-35-32-22)33(31-23)16-19-5-3-4-6-21(19)27/h3-7,9,11-14H,15-16H2,1-2H3,(H,28,29,30). The zero-order valence-corrected chi connectivity index (χ0v) is 19.1. The van der Waals surface area contributed by atoms with Crippen LogP contribution in [0, 0.1) is 24.9 Å². The van der Waals surface area contributed by atoms with Gasteiger partial charge in [0.05, 0.1) is 19.3 Å². The van der Waals surface area contributed by atoms with Crippen LogP contribution in [0.5, 0.6) is 5.75 Å². The minimum atomic E-state index is -0.304. The molecule has 0 amide bonds. The van der Waals surface area contributed by atoms with Crippen LogP contribution in [0.1, 0.15) is 16.7 Å². The molecule has 0 fully saturated rings. The van der Waals surface area contributed by atoms with E-state index in [1.54, 1.807) is 42.3 Å². The summed E-state index contributed by atoms with van der Waals surface area (Å²) in [7, 11) is 1.59. The van der Waals surface area contributed by atoms with E-state index < -0.39 is 0 Å². The maximum Gasteiger partial charge on any atom is 0.182 e. The van der Waals surface area contributed by atoms with Crippen molar-refractivity contribution in [2.45, 2.75) is 20.0 Å². The number of ether oxygens (including phenoxy) is 1. The second-order valence-corrected chi connectivity index (χ2v) is 7.80. The van der Waals surface area contributed by atoms with Gasteiger partial charge < -0.3 is 14.6 Å². The lowest BCUT2D eigenvalue weighted by atomic mass is 10.2. The molecule has 0 saturated carbocycles. The van der Waals surface area contributed by atoms with Gasteiger partial charge in [-0.1, -0.05) is 29.4 Å². The van der Waals surface area contributed by atoms with Crippen LogP contribution in [0.15, 0.2) is 65.5 Å². The molecular weight excluding hydrogens is 447 g/mol. The maximum absolute atomic E-state index is 14.3. The first-order valence-corrected chi connectivity index (χ1v) is 10.9. The molecule has 8 nitrogen and oxygen atoms in total. The third-order valence-electron chi connectivity index (χ3n) is 5.41. The van der Waals surface area contributed by atoms with E-state index in [1.165, 1.54) is 12.3 Å². The summed E-state index contributed by atoms with van der Waals surface area (Å²) < 4.78 is 26.1. The number of aromatic nitrogens is 5. The van der Waals surface area contributed by atoms with Crippen LogP contribution < -0.4 is 10.1 Å². The first-order chi connectivity index (χ1) is 17.1. The number of halogens is 1. The van der Waals surface area contributed by atoms with E-state index in [0.29, 0.717) is 46.6 Å². The minimum Gasteiger partial charge on any atom is -0.489 e. The molecule has 9 heteroatoms. The van der Waals surface area contributed by atoms with Gasteiger partial charge in [-0.15, -0.1) is 0 Å². The summed E-state index contributed by atoms with van der Waals surface area (Å²) in [6.07, 6.45) is 3.22. The van der Waals surface area contributed by atoms with Crippen LogP contribution in [0.25, 0.3) is 22.9 Å². The molecule has 0 spiro atoms. The lowest BCUT2D eigenvalue weighted by Crippen LogP contribution is -2.07. The van der Waals surface area contributed by atoms with Gasteiger partial charge in [0.15, 0.2) is 11.6 Å². The van der Waals surface area contributed by atoms with Crippen LogP contribution in [0.4, 0.5) is 10.2 Å². The van der Waals surface area contributed by atoms with Crippen molar-refractivity contribution in [3.8, 4) is 28.7 Å². The van der Waals surface area contributed by atoms with E-state index in [1.807, 2.05) is 25.1 Å². The number of nitrogens with one attached hydrogen (secondary N) is 1. The number of benzene rings is 1. The fraction of sp³-hybridized carbons (Fsp3) is 0.154. The highest BCUT2D eigenvalue weighted by Gasteiger charge is 2.17. The number of rotatable bonds is 8. The van der Waals surface area contributed by atoms with Crippen molar-refractivity contribution in [2.75, 3.05) is 12.4 Å². The van der Waals surface area contributed by atoms with E-state index in [2.05, 4.69) is 37.7 Å². The van der Waals surface area contributed by atoms with E-state index >= 15 is 0 Å². The van der Waals surface area contributed by atoms with Gasteiger partial charge in [0, 0.05) is 35.5 Å². The predicted molar refractivity (Wildman–Crippen MR) is 127 cm³/mol. The van der Waals surface area contributed by atoms with Crippen molar-refractivity contribution in [2.24, 2.45) is 0 Å². The van der Waals surface area contributed by atoms with Crippen molar-refractivity contribution in [1.82, 2.24) is 24.9 Å². The number of nitrogens with zero attached hydrogens (tertiary/aromatic N) is 5. The minimum absolute atomic E-state index is 0.218. The highest BCUT2D eigenvalue weighted by Crippen LogP contribution is 2.26. The summed E-state index contributed by atoms with van der Waals surface area (Å²) >= 11 is 0. The Morgan fingerprint density at radius 3 is 2.74 bits per heavy atom. The van der Waals surface area contributed by atoms with Crippen molar-refractivity contribution < 1.29 is 13.7 Å². The average Bonchev–Trinajstić information content (AvgIpc) is 3.55. The smallest absolute Gasteiger partial charge is 0.182 e. The molecule has 3 aromatic heterocycles. The number of aryl methyl sites for hydroxylation is 1.